The standard InChI is InChI=1S/C16H15F3N2O5/c17-16(18,19)15(25-5-6-26-15)10-24-13-3-1-11(2-4-13)8-21-9-12(7-20-21)14(22)23/h1-4,7,9H,5-6,8,10H2,(H,22,23). The number of hydrogen-bond donors (Lipinski definition) is 1. The van der Waals surface area contributed by atoms with E-state index in [4.69, 9.17) is 19.3 Å². The number of rotatable bonds is 6. The van der Waals surface area contributed by atoms with Gasteiger partial charge in [-0.3, -0.25) is 4.68 Å². The maximum absolute atomic E-state index is 13.1. The number of aromatic nitrogens is 2. The van der Waals surface area contributed by atoms with Gasteiger partial charge in [-0.15, -0.1) is 0 Å². The minimum atomic E-state index is -4.70. The maximum atomic E-state index is 13.1. The first kappa shape index (κ1) is 18.2. The number of benzene rings is 1. The van der Waals surface area contributed by atoms with E-state index in [0.29, 0.717) is 6.54 Å². The van der Waals surface area contributed by atoms with Gasteiger partial charge in [-0.25, -0.2) is 4.79 Å². The first-order valence-electron chi connectivity index (χ1n) is 7.61. The Morgan fingerprint density at radius 1 is 1.27 bits per heavy atom. The van der Waals surface area contributed by atoms with Crippen LogP contribution in [0.4, 0.5) is 13.2 Å². The van der Waals surface area contributed by atoms with E-state index in [-0.39, 0.29) is 24.5 Å². The summed E-state index contributed by atoms with van der Waals surface area (Å²) in [6.45, 7) is -0.794. The van der Waals surface area contributed by atoms with Crippen molar-refractivity contribution in [1.82, 2.24) is 9.78 Å². The zero-order chi connectivity index (χ0) is 18.8. The minimum absolute atomic E-state index is 0.0685. The van der Waals surface area contributed by atoms with E-state index in [9.17, 15) is 18.0 Å². The number of carboxylic acids is 1. The predicted molar refractivity (Wildman–Crippen MR) is 80.9 cm³/mol. The highest BCUT2D eigenvalue weighted by Crippen LogP contribution is 2.38. The van der Waals surface area contributed by atoms with Gasteiger partial charge in [0.25, 0.3) is 0 Å². The van der Waals surface area contributed by atoms with E-state index < -0.39 is 24.5 Å². The smallest absolute Gasteiger partial charge is 0.447 e. The van der Waals surface area contributed by atoms with E-state index >= 15 is 0 Å². The van der Waals surface area contributed by atoms with Crippen molar-refractivity contribution in [3.8, 4) is 5.75 Å². The fourth-order valence-electron chi connectivity index (χ4n) is 2.40. The summed E-state index contributed by atoms with van der Waals surface area (Å²) in [7, 11) is 0. The molecule has 0 unspecified atom stereocenters. The minimum Gasteiger partial charge on any atom is -0.488 e. The van der Waals surface area contributed by atoms with Crippen LogP contribution in [0, 0.1) is 0 Å². The highest BCUT2D eigenvalue weighted by molar-refractivity contribution is 5.86. The third kappa shape index (κ3) is 3.81. The predicted octanol–water partition coefficient (Wildman–Crippen LogP) is 2.31. The van der Waals surface area contributed by atoms with Crippen LogP contribution in [0.25, 0.3) is 0 Å². The molecule has 7 nitrogen and oxygen atoms in total. The molecule has 0 radical (unpaired) electrons. The Labute approximate surface area is 145 Å². The first-order chi connectivity index (χ1) is 12.3. The SMILES string of the molecule is O=C(O)c1cnn(Cc2ccc(OCC3(C(F)(F)F)OCCO3)cc2)c1. The molecule has 0 atom stereocenters. The normalized spacial score (nSPS) is 16.6. The molecule has 140 valence electrons. The largest absolute Gasteiger partial charge is 0.488 e. The number of hydrogen-bond acceptors (Lipinski definition) is 5. The summed E-state index contributed by atoms with van der Waals surface area (Å²) in [4.78, 5) is 10.8. The van der Waals surface area contributed by atoms with Crippen molar-refractivity contribution in [3.63, 3.8) is 0 Å². The fourth-order valence-corrected chi connectivity index (χ4v) is 2.40. The van der Waals surface area contributed by atoms with Crippen molar-refractivity contribution in [3.05, 3.63) is 47.8 Å². The number of alkyl halides is 3. The Balaban J connectivity index is 1.61. The highest BCUT2D eigenvalue weighted by Gasteiger charge is 2.61. The Bertz CT molecular complexity index is 767. The number of halogens is 3. The fraction of sp³-hybridized carbons (Fsp3) is 0.375. The van der Waals surface area contributed by atoms with Gasteiger partial charge < -0.3 is 19.3 Å². The van der Waals surface area contributed by atoms with Crippen LogP contribution in [0.2, 0.25) is 0 Å². The van der Waals surface area contributed by atoms with Crippen molar-refractivity contribution in [2.75, 3.05) is 19.8 Å². The molecule has 0 aliphatic carbocycles. The number of nitrogens with zero attached hydrogens (tertiary/aromatic N) is 2. The summed E-state index contributed by atoms with van der Waals surface area (Å²) in [5.74, 6) is -3.59. The molecule has 3 rings (SSSR count). The van der Waals surface area contributed by atoms with Crippen molar-refractivity contribution in [1.29, 1.82) is 0 Å². The lowest BCUT2D eigenvalue weighted by molar-refractivity contribution is -0.350. The lowest BCUT2D eigenvalue weighted by Crippen LogP contribution is -2.51. The van der Waals surface area contributed by atoms with E-state index in [1.807, 2.05) is 0 Å². The van der Waals surface area contributed by atoms with Gasteiger partial charge in [0, 0.05) is 6.20 Å². The van der Waals surface area contributed by atoms with Gasteiger partial charge in [0.15, 0.2) is 6.61 Å². The van der Waals surface area contributed by atoms with Crippen molar-refractivity contribution >= 4 is 5.97 Å². The molecule has 1 aromatic heterocycles. The van der Waals surface area contributed by atoms with Crippen LogP contribution in [0.3, 0.4) is 0 Å². The van der Waals surface area contributed by atoms with Crippen LogP contribution in [-0.4, -0.2) is 52.6 Å². The molecule has 1 aromatic carbocycles. The number of carboxylic acid groups (broad SMARTS) is 1. The monoisotopic (exact) mass is 372 g/mol. The molecular formula is C16H15F3N2O5. The van der Waals surface area contributed by atoms with E-state index in [0.717, 1.165) is 5.56 Å². The Hall–Kier alpha value is -2.59. The molecule has 1 saturated heterocycles. The van der Waals surface area contributed by atoms with Crippen LogP contribution in [0.15, 0.2) is 36.7 Å². The summed E-state index contributed by atoms with van der Waals surface area (Å²) in [6.07, 6.45) is -2.09. The Morgan fingerprint density at radius 3 is 2.46 bits per heavy atom. The Morgan fingerprint density at radius 2 is 1.92 bits per heavy atom. The van der Waals surface area contributed by atoms with E-state index in [2.05, 4.69) is 5.10 Å². The van der Waals surface area contributed by atoms with Crippen molar-refractivity contribution in [2.24, 2.45) is 0 Å². The second kappa shape index (κ2) is 6.96. The van der Waals surface area contributed by atoms with Gasteiger partial charge in [0.05, 0.1) is 31.5 Å². The van der Waals surface area contributed by atoms with Crippen molar-refractivity contribution in [2.45, 2.75) is 18.5 Å². The quantitative estimate of drug-likeness (QED) is 0.838. The number of aromatic carboxylic acids is 1. The van der Waals surface area contributed by atoms with Gasteiger partial charge in [-0.1, -0.05) is 12.1 Å². The molecule has 10 heteroatoms. The second-order valence-corrected chi connectivity index (χ2v) is 5.61. The van der Waals surface area contributed by atoms with Gasteiger partial charge in [0.2, 0.25) is 0 Å². The summed E-state index contributed by atoms with van der Waals surface area (Å²) in [6, 6.07) is 6.31. The van der Waals surface area contributed by atoms with Gasteiger partial charge in [0.1, 0.15) is 5.75 Å². The summed E-state index contributed by atoms with van der Waals surface area (Å²) < 4.78 is 55.4. The third-order valence-electron chi connectivity index (χ3n) is 3.76. The lowest BCUT2D eigenvalue weighted by atomic mass is 10.2. The average molecular weight is 372 g/mol. The molecule has 2 aromatic rings. The molecule has 0 amide bonds. The number of carbonyl (C=O) groups is 1. The topological polar surface area (TPSA) is 82.8 Å². The molecule has 26 heavy (non-hydrogen) atoms. The molecule has 2 heterocycles. The van der Waals surface area contributed by atoms with Gasteiger partial charge in [-0.2, -0.15) is 18.3 Å². The first-order valence-corrected chi connectivity index (χ1v) is 7.61. The van der Waals surface area contributed by atoms with E-state index in [1.165, 1.54) is 29.2 Å². The Kier molecular flexibility index (Phi) is 4.88. The molecule has 0 bridgehead atoms. The summed E-state index contributed by atoms with van der Waals surface area (Å²) >= 11 is 0. The van der Waals surface area contributed by atoms with Gasteiger partial charge in [-0.05, 0) is 17.7 Å². The van der Waals surface area contributed by atoms with Crippen LogP contribution < -0.4 is 4.74 Å². The molecule has 1 N–H and O–H groups in total. The zero-order valence-corrected chi connectivity index (χ0v) is 13.4. The lowest BCUT2D eigenvalue weighted by Gasteiger charge is -2.29. The zero-order valence-electron chi connectivity index (χ0n) is 13.4. The van der Waals surface area contributed by atoms with Crippen LogP contribution in [0.5, 0.6) is 5.75 Å². The molecule has 1 aliphatic rings. The number of ether oxygens (including phenoxy) is 3. The van der Waals surface area contributed by atoms with Crippen molar-refractivity contribution < 1.29 is 37.3 Å². The summed E-state index contributed by atoms with van der Waals surface area (Å²) in [5, 5.41) is 12.8. The average Bonchev–Trinajstić information content (AvgIpc) is 3.23. The van der Waals surface area contributed by atoms with Crippen LogP contribution in [-0.2, 0) is 16.0 Å². The molecular weight excluding hydrogens is 357 g/mol. The van der Waals surface area contributed by atoms with Crippen LogP contribution in [0.1, 0.15) is 15.9 Å². The van der Waals surface area contributed by atoms with Gasteiger partial charge >= 0.3 is 17.9 Å². The summed E-state index contributed by atoms with van der Waals surface area (Å²) in [5.41, 5.74) is 0.843. The molecule has 1 aliphatic heterocycles. The molecule has 0 spiro atoms. The molecule has 1 fully saturated rings. The molecule has 0 saturated carbocycles. The van der Waals surface area contributed by atoms with Crippen LogP contribution >= 0.6 is 0 Å². The third-order valence-corrected chi connectivity index (χ3v) is 3.76. The van der Waals surface area contributed by atoms with E-state index in [1.54, 1.807) is 12.1 Å². The maximum Gasteiger partial charge on any atom is 0.447 e. The second-order valence-electron chi connectivity index (χ2n) is 5.61. The highest BCUT2D eigenvalue weighted by atomic mass is 19.4.